The summed E-state index contributed by atoms with van der Waals surface area (Å²) in [5.74, 6) is 0. The minimum atomic E-state index is -3.46. The highest BCUT2D eigenvalue weighted by atomic mass is 32.2. The monoisotopic (exact) mass is 272 g/mol. The van der Waals surface area contributed by atoms with Crippen LogP contribution in [0.5, 0.6) is 0 Å². The first-order valence-electron chi connectivity index (χ1n) is 6.12. The van der Waals surface area contributed by atoms with Gasteiger partial charge < -0.3 is 4.90 Å². The van der Waals surface area contributed by atoms with E-state index in [1.807, 2.05) is 0 Å². The molecule has 102 valence electrons. The average Bonchev–Trinajstić information content (AvgIpc) is 2.62. The van der Waals surface area contributed by atoms with Gasteiger partial charge in [-0.3, -0.25) is 5.10 Å². The van der Waals surface area contributed by atoms with E-state index in [0.29, 0.717) is 16.3 Å². The number of aromatic nitrogens is 2. The summed E-state index contributed by atoms with van der Waals surface area (Å²) in [4.78, 5) is 2.50. The summed E-state index contributed by atoms with van der Waals surface area (Å²) in [6.45, 7) is 5.28. The van der Waals surface area contributed by atoms with E-state index in [0.717, 1.165) is 25.9 Å². The molecule has 0 saturated carbocycles. The molecule has 0 amide bonds. The summed E-state index contributed by atoms with van der Waals surface area (Å²) >= 11 is 0. The fraction of sp³-hybridized carbons (Fsp3) is 0.727. The number of rotatable bonds is 3. The van der Waals surface area contributed by atoms with Gasteiger partial charge in [0.05, 0.1) is 11.4 Å². The topological polar surface area (TPSA) is 78.1 Å². The van der Waals surface area contributed by atoms with Gasteiger partial charge in [0.15, 0.2) is 0 Å². The molecular weight excluding hydrogens is 252 g/mol. The molecular formula is C11H20N4O2S. The zero-order chi connectivity index (χ0) is 13.3. The number of hydrogen-bond acceptors (Lipinski definition) is 4. The van der Waals surface area contributed by atoms with E-state index in [9.17, 15) is 8.42 Å². The Labute approximate surface area is 108 Å². The van der Waals surface area contributed by atoms with E-state index in [4.69, 9.17) is 0 Å². The number of aromatic amines is 1. The quantitative estimate of drug-likeness (QED) is 0.835. The summed E-state index contributed by atoms with van der Waals surface area (Å²) in [5.41, 5.74) is 1.11. The van der Waals surface area contributed by atoms with Crippen LogP contribution >= 0.6 is 0 Å². The van der Waals surface area contributed by atoms with Crippen LogP contribution in [0.15, 0.2) is 4.90 Å². The van der Waals surface area contributed by atoms with Gasteiger partial charge in [0.2, 0.25) is 10.0 Å². The molecule has 1 aromatic rings. The molecule has 6 nitrogen and oxygen atoms in total. The summed E-state index contributed by atoms with van der Waals surface area (Å²) < 4.78 is 27.4. The summed E-state index contributed by atoms with van der Waals surface area (Å²) in [7, 11) is -1.41. The molecule has 1 aromatic heterocycles. The van der Waals surface area contributed by atoms with Crippen molar-refractivity contribution in [3.63, 3.8) is 0 Å². The van der Waals surface area contributed by atoms with E-state index in [1.165, 1.54) is 0 Å². The van der Waals surface area contributed by atoms with Crippen LogP contribution in [0, 0.1) is 13.8 Å². The number of sulfonamides is 1. The summed E-state index contributed by atoms with van der Waals surface area (Å²) in [5, 5.41) is 6.65. The van der Waals surface area contributed by atoms with Crippen LogP contribution in [-0.4, -0.2) is 49.7 Å². The van der Waals surface area contributed by atoms with Crippen molar-refractivity contribution < 1.29 is 8.42 Å². The Morgan fingerprint density at radius 3 is 2.44 bits per heavy atom. The van der Waals surface area contributed by atoms with Crippen molar-refractivity contribution in [1.82, 2.24) is 19.8 Å². The van der Waals surface area contributed by atoms with Crippen LogP contribution in [0.25, 0.3) is 0 Å². The summed E-state index contributed by atoms with van der Waals surface area (Å²) in [6, 6.07) is 0.0277. The minimum absolute atomic E-state index is 0.0277. The van der Waals surface area contributed by atoms with E-state index >= 15 is 0 Å². The zero-order valence-electron chi connectivity index (χ0n) is 11.0. The summed E-state index contributed by atoms with van der Waals surface area (Å²) in [6.07, 6.45) is 1.71. The van der Waals surface area contributed by atoms with E-state index < -0.39 is 10.0 Å². The highest BCUT2D eigenvalue weighted by Gasteiger charge is 2.27. The second kappa shape index (κ2) is 4.99. The number of hydrogen-bond donors (Lipinski definition) is 2. The smallest absolute Gasteiger partial charge is 0.244 e. The van der Waals surface area contributed by atoms with Gasteiger partial charge in [0.1, 0.15) is 4.90 Å². The SMILES string of the molecule is Cc1n[nH]c(C)c1S(=O)(=O)NC1CCN(C)CC1. The zero-order valence-corrected chi connectivity index (χ0v) is 11.8. The largest absolute Gasteiger partial charge is 0.306 e. The predicted molar refractivity (Wildman–Crippen MR) is 68.9 cm³/mol. The molecule has 1 aliphatic heterocycles. The molecule has 18 heavy (non-hydrogen) atoms. The number of piperidine rings is 1. The van der Waals surface area contributed by atoms with E-state index in [1.54, 1.807) is 13.8 Å². The second-order valence-corrected chi connectivity index (χ2v) is 6.61. The Kier molecular flexibility index (Phi) is 3.74. The Morgan fingerprint density at radius 1 is 1.33 bits per heavy atom. The maximum atomic E-state index is 12.3. The van der Waals surface area contributed by atoms with Crippen molar-refractivity contribution in [1.29, 1.82) is 0 Å². The molecule has 0 atom stereocenters. The van der Waals surface area contributed by atoms with Crippen molar-refractivity contribution in [2.75, 3.05) is 20.1 Å². The lowest BCUT2D eigenvalue weighted by Gasteiger charge is -2.29. The van der Waals surface area contributed by atoms with Crippen LogP contribution in [0.1, 0.15) is 24.2 Å². The first kappa shape index (κ1) is 13.5. The molecule has 0 unspecified atom stereocenters. The maximum absolute atomic E-state index is 12.3. The lowest BCUT2D eigenvalue weighted by Crippen LogP contribution is -2.43. The first-order chi connectivity index (χ1) is 8.40. The van der Waals surface area contributed by atoms with Crippen molar-refractivity contribution in [3.05, 3.63) is 11.4 Å². The van der Waals surface area contributed by atoms with Crippen molar-refractivity contribution >= 4 is 10.0 Å². The molecule has 0 aromatic carbocycles. The van der Waals surface area contributed by atoms with Crippen LogP contribution in [0.4, 0.5) is 0 Å². The third-order valence-electron chi connectivity index (χ3n) is 3.37. The minimum Gasteiger partial charge on any atom is -0.306 e. The van der Waals surface area contributed by atoms with Crippen molar-refractivity contribution in [2.45, 2.75) is 37.6 Å². The number of H-pyrrole nitrogens is 1. The molecule has 1 saturated heterocycles. The molecule has 2 N–H and O–H groups in total. The predicted octanol–water partition coefficient (Wildman–Crippen LogP) is 0.399. The van der Waals surface area contributed by atoms with Crippen molar-refractivity contribution in [3.8, 4) is 0 Å². The Hall–Kier alpha value is -0.920. The third kappa shape index (κ3) is 2.73. The van der Waals surface area contributed by atoms with E-state index in [2.05, 4.69) is 26.9 Å². The van der Waals surface area contributed by atoms with Crippen LogP contribution < -0.4 is 4.72 Å². The molecule has 2 heterocycles. The molecule has 1 aliphatic rings. The Bertz CT molecular complexity index is 496. The average molecular weight is 272 g/mol. The molecule has 0 radical (unpaired) electrons. The van der Waals surface area contributed by atoms with Crippen LogP contribution in [0.2, 0.25) is 0 Å². The van der Waals surface area contributed by atoms with Gasteiger partial charge in [0.25, 0.3) is 0 Å². The normalized spacial score (nSPS) is 19.3. The number of aryl methyl sites for hydroxylation is 2. The second-order valence-electron chi connectivity index (χ2n) is 4.96. The van der Waals surface area contributed by atoms with Gasteiger partial charge >= 0.3 is 0 Å². The molecule has 1 fully saturated rings. The highest BCUT2D eigenvalue weighted by Crippen LogP contribution is 2.18. The van der Waals surface area contributed by atoms with Crippen LogP contribution in [0.3, 0.4) is 0 Å². The fourth-order valence-corrected chi connectivity index (χ4v) is 4.02. The first-order valence-corrected chi connectivity index (χ1v) is 7.61. The fourth-order valence-electron chi connectivity index (χ4n) is 2.34. The lowest BCUT2D eigenvalue weighted by molar-refractivity contribution is 0.248. The van der Waals surface area contributed by atoms with Gasteiger partial charge in [-0.15, -0.1) is 0 Å². The number of nitrogens with one attached hydrogen (secondary N) is 2. The van der Waals surface area contributed by atoms with Crippen LogP contribution in [-0.2, 0) is 10.0 Å². The Balaban J connectivity index is 2.13. The van der Waals surface area contributed by atoms with Gasteiger partial charge in [-0.1, -0.05) is 0 Å². The molecule has 2 rings (SSSR count). The Morgan fingerprint density at radius 2 is 1.94 bits per heavy atom. The van der Waals surface area contributed by atoms with Gasteiger partial charge in [-0.2, -0.15) is 5.10 Å². The van der Waals surface area contributed by atoms with E-state index in [-0.39, 0.29) is 6.04 Å². The number of likely N-dealkylation sites (tertiary alicyclic amines) is 1. The highest BCUT2D eigenvalue weighted by molar-refractivity contribution is 7.89. The van der Waals surface area contributed by atoms with Crippen molar-refractivity contribution in [2.24, 2.45) is 0 Å². The molecule has 0 spiro atoms. The number of nitrogens with zero attached hydrogens (tertiary/aromatic N) is 2. The molecule has 0 bridgehead atoms. The van der Waals surface area contributed by atoms with Gasteiger partial charge in [0, 0.05) is 6.04 Å². The molecule has 0 aliphatic carbocycles. The standard InChI is InChI=1S/C11H20N4O2S/c1-8-11(9(2)13-12-8)18(16,17)14-10-4-6-15(3)7-5-10/h10,14H,4-7H2,1-3H3,(H,12,13). The maximum Gasteiger partial charge on any atom is 0.244 e. The van der Waals surface area contributed by atoms with Gasteiger partial charge in [-0.05, 0) is 46.8 Å². The third-order valence-corrected chi connectivity index (χ3v) is 5.15. The van der Waals surface area contributed by atoms with Gasteiger partial charge in [-0.25, -0.2) is 13.1 Å². The lowest BCUT2D eigenvalue weighted by atomic mass is 10.1. The molecule has 7 heteroatoms.